The minimum absolute atomic E-state index is 0.119. The summed E-state index contributed by atoms with van der Waals surface area (Å²) in [4.78, 5) is 72.7. The molecule has 240 valence electrons. The number of hydrogen-bond donors (Lipinski definition) is 3. The number of unbranched alkanes of at least 4 members (excludes halogenated alkanes) is 2. The Balaban J connectivity index is 1.65. The molecule has 2 heterocycles. The van der Waals surface area contributed by atoms with E-state index >= 15 is 0 Å². The Bertz CT molecular complexity index is 1350. The second kappa shape index (κ2) is 15.3. The highest BCUT2D eigenvalue weighted by Crippen LogP contribution is 2.33. The first-order valence-corrected chi connectivity index (χ1v) is 16.2. The van der Waals surface area contributed by atoms with Gasteiger partial charge in [-0.1, -0.05) is 64.7 Å². The van der Waals surface area contributed by atoms with Gasteiger partial charge in [-0.2, -0.15) is 4.73 Å². The minimum Gasteiger partial charge on any atom is -0.417 e. The molecule has 2 fully saturated rings. The summed E-state index contributed by atoms with van der Waals surface area (Å²) in [6.45, 7) is 5.62. The van der Waals surface area contributed by atoms with Crippen molar-refractivity contribution in [2.75, 3.05) is 7.11 Å². The highest BCUT2D eigenvalue weighted by atomic mass is 16.6. The molecule has 4 rings (SSSR count). The van der Waals surface area contributed by atoms with Crippen LogP contribution in [-0.4, -0.2) is 59.3 Å². The lowest BCUT2D eigenvalue weighted by atomic mass is 9.73. The predicted octanol–water partition coefficient (Wildman–Crippen LogP) is 3.67. The molecule has 0 spiro atoms. The number of Topliss-reactive ketones (excluding diaryl/α,β-unsaturated/α-hetero) is 2. The molecule has 2 aromatic rings. The van der Waals surface area contributed by atoms with Gasteiger partial charge in [0.2, 0.25) is 17.7 Å². The van der Waals surface area contributed by atoms with Gasteiger partial charge in [0, 0.05) is 42.7 Å². The number of amides is 3. The van der Waals surface area contributed by atoms with E-state index in [0.717, 1.165) is 42.1 Å². The van der Waals surface area contributed by atoms with Crippen molar-refractivity contribution in [3.05, 3.63) is 36.0 Å². The summed E-state index contributed by atoms with van der Waals surface area (Å²) >= 11 is 0. The van der Waals surface area contributed by atoms with Crippen LogP contribution in [0.25, 0.3) is 10.9 Å². The van der Waals surface area contributed by atoms with Crippen LogP contribution in [0.5, 0.6) is 0 Å². The minimum atomic E-state index is -0.990. The maximum atomic E-state index is 14.0. The summed E-state index contributed by atoms with van der Waals surface area (Å²) in [5, 5.41) is 9.77. The highest BCUT2D eigenvalue weighted by Gasteiger charge is 2.42. The Labute approximate surface area is 260 Å². The van der Waals surface area contributed by atoms with E-state index in [4.69, 9.17) is 4.84 Å². The van der Waals surface area contributed by atoms with Crippen molar-refractivity contribution in [3.63, 3.8) is 0 Å². The zero-order valence-corrected chi connectivity index (χ0v) is 26.5. The Kier molecular flexibility index (Phi) is 11.6. The third-order valence-electron chi connectivity index (χ3n) is 9.23. The number of carbonyl (C=O) groups is 5. The average molecular weight is 609 g/mol. The molecule has 10 nitrogen and oxygen atoms in total. The van der Waals surface area contributed by atoms with Crippen LogP contribution in [-0.2, 0) is 30.4 Å². The fourth-order valence-electron chi connectivity index (χ4n) is 6.64. The average Bonchev–Trinajstić information content (AvgIpc) is 3.38. The molecule has 1 saturated carbocycles. The van der Waals surface area contributed by atoms with Crippen LogP contribution < -0.4 is 20.8 Å². The van der Waals surface area contributed by atoms with E-state index in [0.29, 0.717) is 38.5 Å². The van der Waals surface area contributed by atoms with Gasteiger partial charge < -0.3 is 20.8 Å². The summed E-state index contributed by atoms with van der Waals surface area (Å²) in [7, 11) is 1.56. The molecule has 5 atom stereocenters. The molecular formula is C34H48N4O6. The van der Waals surface area contributed by atoms with Gasteiger partial charge in [-0.05, 0) is 43.2 Å². The first-order valence-electron chi connectivity index (χ1n) is 16.2. The molecule has 1 aromatic carbocycles. The number of nitrogens with one attached hydrogen (secondary N) is 3. The van der Waals surface area contributed by atoms with E-state index in [1.807, 2.05) is 45.0 Å². The summed E-state index contributed by atoms with van der Waals surface area (Å²) in [5.74, 6) is -2.31. The molecule has 1 aliphatic heterocycles. The SMILES string of the molecule is CCC(=O)CCCCC[C@@H]1NC(=O)[C@H]2CCCCC2C(=O)C(C(C)C)NC(=O)[C@H](Cc2cn(OC)c3ccccc23)NC1=O. The normalized spacial score (nSPS) is 25.0. The summed E-state index contributed by atoms with van der Waals surface area (Å²) < 4.78 is 1.62. The number of para-hydroxylation sites is 1. The van der Waals surface area contributed by atoms with Gasteiger partial charge in [-0.25, -0.2) is 0 Å². The van der Waals surface area contributed by atoms with Gasteiger partial charge in [0.05, 0.1) is 11.6 Å². The van der Waals surface area contributed by atoms with Gasteiger partial charge in [0.15, 0.2) is 5.78 Å². The van der Waals surface area contributed by atoms with Gasteiger partial charge in [0.25, 0.3) is 0 Å². The third-order valence-corrected chi connectivity index (χ3v) is 9.23. The van der Waals surface area contributed by atoms with Crippen LogP contribution in [0, 0.1) is 17.8 Å². The zero-order valence-electron chi connectivity index (χ0n) is 26.5. The number of nitrogens with zero attached hydrogens (tertiary/aromatic N) is 1. The molecule has 3 N–H and O–H groups in total. The maximum absolute atomic E-state index is 14.0. The van der Waals surface area contributed by atoms with Crippen LogP contribution >= 0.6 is 0 Å². The molecule has 0 bridgehead atoms. The standard InChI is InChI=1S/C34H48N4O6/c1-5-23(39)13-7-6-8-17-27-33(42)36-28(19-22-20-38(44-4)29-18-12-11-14-24(22)29)34(43)37-30(21(2)3)31(40)25-15-9-10-16-26(25)32(41)35-27/h11-12,14,18,20-21,25-28,30H,5-10,13,15-17,19H2,1-4H3,(H,35,41)(H,36,42)(H,37,43)/t25?,26-,27-,28-,30?/m0/s1. The monoisotopic (exact) mass is 608 g/mol. The molecule has 44 heavy (non-hydrogen) atoms. The van der Waals surface area contributed by atoms with E-state index in [1.165, 1.54) is 0 Å². The molecule has 1 aromatic heterocycles. The fourth-order valence-corrected chi connectivity index (χ4v) is 6.64. The fraction of sp³-hybridized carbons (Fsp3) is 0.618. The molecule has 0 radical (unpaired) electrons. The lowest BCUT2D eigenvalue weighted by Gasteiger charge is -2.36. The van der Waals surface area contributed by atoms with Crippen molar-refractivity contribution in [3.8, 4) is 0 Å². The molecule has 1 aliphatic carbocycles. The first kappa shape index (κ1) is 33.2. The number of carbonyl (C=O) groups excluding carboxylic acids is 5. The Morgan fingerprint density at radius 1 is 0.909 bits per heavy atom. The van der Waals surface area contributed by atoms with Crippen LogP contribution in [0.4, 0.5) is 0 Å². The summed E-state index contributed by atoms with van der Waals surface area (Å²) in [6.07, 6.45) is 8.27. The Morgan fingerprint density at radius 3 is 2.30 bits per heavy atom. The Hall–Kier alpha value is -3.69. The van der Waals surface area contributed by atoms with Crippen molar-refractivity contribution in [2.45, 2.75) is 110 Å². The zero-order chi connectivity index (χ0) is 31.8. The van der Waals surface area contributed by atoms with E-state index in [9.17, 15) is 24.0 Å². The van der Waals surface area contributed by atoms with Crippen LogP contribution in [0.1, 0.15) is 90.5 Å². The number of rotatable bonds is 11. The van der Waals surface area contributed by atoms with Gasteiger partial charge >= 0.3 is 0 Å². The highest BCUT2D eigenvalue weighted by molar-refractivity contribution is 5.99. The summed E-state index contributed by atoms with van der Waals surface area (Å²) in [5.41, 5.74) is 1.63. The molecule has 3 amide bonds. The van der Waals surface area contributed by atoms with Crippen molar-refractivity contribution in [1.29, 1.82) is 0 Å². The molecule has 10 heteroatoms. The lowest BCUT2D eigenvalue weighted by molar-refractivity contribution is -0.141. The number of benzene rings is 1. The van der Waals surface area contributed by atoms with Crippen molar-refractivity contribution < 1.29 is 28.8 Å². The van der Waals surface area contributed by atoms with Crippen molar-refractivity contribution in [1.82, 2.24) is 20.7 Å². The molecule has 2 aliphatic rings. The van der Waals surface area contributed by atoms with E-state index < -0.39 is 41.8 Å². The van der Waals surface area contributed by atoms with Crippen LogP contribution in [0.15, 0.2) is 30.5 Å². The summed E-state index contributed by atoms with van der Waals surface area (Å²) in [6, 6.07) is 5.02. The number of aromatic nitrogens is 1. The van der Waals surface area contributed by atoms with Gasteiger partial charge in [0.1, 0.15) is 25.0 Å². The van der Waals surface area contributed by atoms with Gasteiger partial charge in [-0.15, -0.1) is 0 Å². The van der Waals surface area contributed by atoms with Crippen molar-refractivity contribution in [2.24, 2.45) is 17.8 Å². The maximum Gasteiger partial charge on any atom is 0.243 e. The first-order chi connectivity index (χ1) is 21.1. The van der Waals surface area contributed by atoms with E-state index in [-0.39, 0.29) is 29.8 Å². The molecule has 2 unspecified atom stereocenters. The topological polar surface area (TPSA) is 136 Å². The number of fused-ring (bicyclic) bond motifs is 2. The third kappa shape index (κ3) is 7.87. The quantitative estimate of drug-likeness (QED) is 0.333. The van der Waals surface area contributed by atoms with E-state index in [1.54, 1.807) is 18.0 Å². The van der Waals surface area contributed by atoms with Crippen molar-refractivity contribution >= 4 is 40.2 Å². The Morgan fingerprint density at radius 2 is 1.59 bits per heavy atom. The number of ketones is 2. The van der Waals surface area contributed by atoms with E-state index in [2.05, 4.69) is 16.0 Å². The molecular weight excluding hydrogens is 560 g/mol. The second-order valence-corrected chi connectivity index (χ2v) is 12.6. The smallest absolute Gasteiger partial charge is 0.243 e. The van der Waals surface area contributed by atoms with Crippen LogP contribution in [0.2, 0.25) is 0 Å². The van der Waals surface area contributed by atoms with Gasteiger partial charge in [-0.3, -0.25) is 24.0 Å². The predicted molar refractivity (Wildman–Crippen MR) is 168 cm³/mol. The molecule has 1 saturated heterocycles. The lowest BCUT2D eigenvalue weighted by Crippen LogP contribution is -2.60. The second-order valence-electron chi connectivity index (χ2n) is 12.6. The number of hydrogen-bond acceptors (Lipinski definition) is 6. The largest absolute Gasteiger partial charge is 0.417 e. The van der Waals surface area contributed by atoms with Crippen LogP contribution in [0.3, 0.4) is 0 Å².